The lowest BCUT2D eigenvalue weighted by molar-refractivity contribution is -0.131. The molecule has 1 aliphatic rings. The summed E-state index contributed by atoms with van der Waals surface area (Å²) in [7, 11) is -4.81. The molecule has 0 aromatic heterocycles. The number of ether oxygens (including phenoxy) is 2. The van der Waals surface area contributed by atoms with Gasteiger partial charge in [0, 0.05) is 12.1 Å². The molecular formula is C15H19NO8S2. The monoisotopic (exact) mass is 405 g/mol. The summed E-state index contributed by atoms with van der Waals surface area (Å²) in [5.74, 6) is -1.52. The number of rotatable bonds is 7. The minimum Gasteiger partial charge on any atom is -0.493 e. The van der Waals surface area contributed by atoms with Gasteiger partial charge in [-0.25, -0.2) is 26.4 Å². The fourth-order valence-electron chi connectivity index (χ4n) is 2.58. The summed E-state index contributed by atoms with van der Waals surface area (Å²) in [5.41, 5.74) is 0.268. The van der Waals surface area contributed by atoms with E-state index in [2.05, 4.69) is 4.72 Å². The highest BCUT2D eigenvalue weighted by molar-refractivity contribution is 7.92. The quantitative estimate of drug-likeness (QED) is 0.617. The largest absolute Gasteiger partial charge is 0.493 e. The number of nitrogens with one attached hydrogen (secondary N) is 1. The molecule has 2 N–H and O–H groups in total. The number of benzene rings is 1. The maximum absolute atomic E-state index is 12.8. The number of carboxylic acid groups (broad SMARTS) is 1. The normalized spacial score (nSPS) is 19.5. The minimum absolute atomic E-state index is 0.0617. The molecule has 1 aliphatic heterocycles. The van der Waals surface area contributed by atoms with Gasteiger partial charge in [-0.1, -0.05) is 0 Å². The Labute approximate surface area is 151 Å². The van der Waals surface area contributed by atoms with Crippen LogP contribution in [-0.2, 0) is 24.7 Å². The Bertz CT molecular complexity index is 935. The molecule has 11 heteroatoms. The first-order valence-corrected chi connectivity index (χ1v) is 10.8. The molecule has 0 unspecified atom stereocenters. The zero-order chi connectivity index (χ0) is 19.5. The van der Waals surface area contributed by atoms with Gasteiger partial charge in [0.05, 0.1) is 25.7 Å². The summed E-state index contributed by atoms with van der Waals surface area (Å²) in [5, 5.41) is 8.74. The van der Waals surface area contributed by atoms with Gasteiger partial charge in [-0.05, 0) is 30.2 Å². The van der Waals surface area contributed by atoms with E-state index in [1.54, 1.807) is 0 Å². The first-order valence-electron chi connectivity index (χ1n) is 7.48. The number of hydrogen-bond acceptors (Lipinski definition) is 7. The van der Waals surface area contributed by atoms with E-state index in [9.17, 15) is 21.6 Å². The van der Waals surface area contributed by atoms with Crippen molar-refractivity contribution in [3.05, 3.63) is 23.8 Å². The Morgan fingerprint density at radius 1 is 1.31 bits per heavy atom. The highest BCUT2D eigenvalue weighted by Gasteiger charge is 2.33. The van der Waals surface area contributed by atoms with Crippen molar-refractivity contribution in [3.8, 4) is 11.5 Å². The van der Waals surface area contributed by atoms with Crippen LogP contribution in [0.2, 0.25) is 0 Å². The van der Waals surface area contributed by atoms with Crippen molar-refractivity contribution in [1.82, 2.24) is 4.72 Å². The van der Waals surface area contributed by atoms with Crippen LogP contribution in [-0.4, -0.2) is 59.7 Å². The Hall–Kier alpha value is -2.11. The second kappa shape index (κ2) is 7.64. The predicted octanol–water partition coefficient (Wildman–Crippen LogP) is 0.267. The number of sulfone groups is 1. The summed E-state index contributed by atoms with van der Waals surface area (Å²) in [6, 6.07) is 1.92. The predicted molar refractivity (Wildman–Crippen MR) is 93.6 cm³/mol. The number of hydrogen-bond donors (Lipinski definition) is 2. The molecule has 2 rings (SSSR count). The SMILES string of the molecule is COc1cc(/C=C/C(=O)O)cc(S(=O)(=O)N[C@@H]2CCS(=O)(=O)C2)c1OC. The van der Waals surface area contributed by atoms with Crippen molar-refractivity contribution >= 4 is 31.9 Å². The molecule has 9 nitrogen and oxygen atoms in total. The molecule has 1 heterocycles. The van der Waals surface area contributed by atoms with Crippen molar-refractivity contribution in [3.63, 3.8) is 0 Å². The standard InChI is InChI=1S/C15H19NO8S2/c1-23-12-7-10(3-4-14(17)18)8-13(15(12)24-2)26(21,22)16-11-5-6-25(19,20)9-11/h3-4,7-8,11,16H,5-6,9H2,1-2H3,(H,17,18)/b4-3+/t11-/m1/s1. The molecule has 1 aromatic carbocycles. The van der Waals surface area contributed by atoms with Crippen LogP contribution < -0.4 is 14.2 Å². The number of sulfonamides is 1. The second-order valence-corrected chi connectivity index (χ2v) is 9.56. The van der Waals surface area contributed by atoms with E-state index in [4.69, 9.17) is 14.6 Å². The Morgan fingerprint density at radius 2 is 2.00 bits per heavy atom. The van der Waals surface area contributed by atoms with Crippen LogP contribution in [0.5, 0.6) is 11.5 Å². The van der Waals surface area contributed by atoms with E-state index < -0.39 is 31.9 Å². The fourth-order valence-corrected chi connectivity index (χ4v) is 5.85. The van der Waals surface area contributed by atoms with Gasteiger partial charge in [0.15, 0.2) is 21.3 Å². The molecule has 26 heavy (non-hydrogen) atoms. The number of methoxy groups -OCH3 is 2. The van der Waals surface area contributed by atoms with Gasteiger partial charge >= 0.3 is 5.97 Å². The third-order valence-corrected chi connectivity index (χ3v) is 7.02. The molecule has 0 amide bonds. The fraction of sp³-hybridized carbons (Fsp3) is 0.400. The van der Waals surface area contributed by atoms with Crippen LogP contribution in [0, 0.1) is 0 Å². The second-order valence-electron chi connectivity index (χ2n) is 5.65. The molecule has 1 atom stereocenters. The first-order chi connectivity index (χ1) is 12.1. The Kier molecular flexibility index (Phi) is 5.94. The van der Waals surface area contributed by atoms with Gasteiger partial charge in [-0.3, -0.25) is 0 Å². The number of carboxylic acids is 1. The van der Waals surface area contributed by atoms with Gasteiger partial charge < -0.3 is 14.6 Å². The molecule has 0 saturated carbocycles. The Morgan fingerprint density at radius 3 is 2.50 bits per heavy atom. The van der Waals surface area contributed by atoms with Gasteiger partial charge in [-0.15, -0.1) is 0 Å². The summed E-state index contributed by atoms with van der Waals surface area (Å²) >= 11 is 0. The van der Waals surface area contributed by atoms with Crippen LogP contribution in [0.15, 0.2) is 23.1 Å². The van der Waals surface area contributed by atoms with E-state index in [0.29, 0.717) is 0 Å². The molecule has 1 saturated heterocycles. The smallest absolute Gasteiger partial charge is 0.328 e. The lowest BCUT2D eigenvalue weighted by Crippen LogP contribution is -2.35. The third kappa shape index (κ3) is 4.74. The van der Waals surface area contributed by atoms with E-state index >= 15 is 0 Å². The molecule has 0 aliphatic carbocycles. The van der Waals surface area contributed by atoms with E-state index in [1.807, 2.05) is 0 Å². The zero-order valence-corrected chi connectivity index (χ0v) is 15.8. The molecule has 1 fully saturated rings. The number of aliphatic carboxylic acids is 1. The topological polar surface area (TPSA) is 136 Å². The molecular weight excluding hydrogens is 386 g/mol. The van der Waals surface area contributed by atoms with Gasteiger partial charge in [0.25, 0.3) is 0 Å². The van der Waals surface area contributed by atoms with Gasteiger partial charge in [-0.2, -0.15) is 0 Å². The van der Waals surface area contributed by atoms with E-state index in [0.717, 1.165) is 6.08 Å². The van der Waals surface area contributed by atoms with Crippen LogP contribution in [0.4, 0.5) is 0 Å². The van der Waals surface area contributed by atoms with Crippen LogP contribution >= 0.6 is 0 Å². The van der Waals surface area contributed by atoms with Crippen LogP contribution in [0.3, 0.4) is 0 Å². The van der Waals surface area contributed by atoms with Crippen molar-refractivity contribution < 1.29 is 36.2 Å². The molecule has 144 valence electrons. The van der Waals surface area contributed by atoms with Crippen molar-refractivity contribution in [2.75, 3.05) is 25.7 Å². The lowest BCUT2D eigenvalue weighted by atomic mass is 10.2. The molecule has 0 spiro atoms. The summed E-state index contributed by atoms with van der Waals surface area (Å²) in [4.78, 5) is 10.4. The maximum Gasteiger partial charge on any atom is 0.328 e. The van der Waals surface area contributed by atoms with E-state index in [1.165, 1.54) is 32.4 Å². The average molecular weight is 405 g/mol. The van der Waals surface area contributed by atoms with E-state index in [-0.39, 0.29) is 39.9 Å². The minimum atomic E-state index is -4.13. The molecule has 0 radical (unpaired) electrons. The van der Waals surface area contributed by atoms with Crippen molar-refractivity contribution in [2.45, 2.75) is 17.4 Å². The highest BCUT2D eigenvalue weighted by Crippen LogP contribution is 2.36. The van der Waals surface area contributed by atoms with Crippen molar-refractivity contribution in [1.29, 1.82) is 0 Å². The highest BCUT2D eigenvalue weighted by atomic mass is 32.2. The zero-order valence-electron chi connectivity index (χ0n) is 14.1. The summed E-state index contributed by atoms with van der Waals surface area (Å²) in [6.45, 7) is 0. The van der Waals surface area contributed by atoms with Crippen molar-refractivity contribution in [2.24, 2.45) is 0 Å². The maximum atomic E-state index is 12.8. The van der Waals surface area contributed by atoms with Gasteiger partial charge in [0.2, 0.25) is 10.0 Å². The molecule has 0 bridgehead atoms. The first kappa shape index (κ1) is 20.2. The van der Waals surface area contributed by atoms with Gasteiger partial charge in [0.1, 0.15) is 4.90 Å². The molecule has 1 aromatic rings. The average Bonchev–Trinajstić information content (AvgIpc) is 2.89. The number of carbonyl (C=O) groups is 1. The summed E-state index contributed by atoms with van der Waals surface area (Å²) in [6.07, 6.45) is 2.25. The Balaban J connectivity index is 2.47. The lowest BCUT2D eigenvalue weighted by Gasteiger charge is -2.17. The summed E-state index contributed by atoms with van der Waals surface area (Å²) < 4.78 is 61.2. The van der Waals surface area contributed by atoms with Crippen LogP contribution in [0.1, 0.15) is 12.0 Å². The third-order valence-electron chi connectivity index (χ3n) is 3.73. The van der Waals surface area contributed by atoms with Crippen LogP contribution in [0.25, 0.3) is 6.08 Å².